The minimum atomic E-state index is 0.581. The number of aromatic nitrogens is 3. The fourth-order valence-electron chi connectivity index (χ4n) is 6.21. The Morgan fingerprint density at radius 2 is 1.04 bits per heavy atom. The van der Waals surface area contributed by atoms with Crippen molar-refractivity contribution in [1.29, 1.82) is 5.26 Å². The molecular formula is C42H25N5. The standard InChI is InChI=1S/C42H25N5/c1-44-35-20-22-46-40(26-35)32-13-9-30(10-14-32)34-16-18-42-38(25-34)37-24-33(15-17-41(37)47(42)36-5-3-2-4-6-36)29-7-11-31(12-8-29)39-23-28(27-43)19-21-45-39/h2-26H. The van der Waals surface area contributed by atoms with Crippen LogP contribution >= 0.6 is 0 Å². The summed E-state index contributed by atoms with van der Waals surface area (Å²) in [5, 5.41) is 11.6. The maximum atomic E-state index is 9.30. The number of benzene rings is 5. The normalized spacial score (nSPS) is 10.9. The van der Waals surface area contributed by atoms with E-state index in [1.807, 2.05) is 18.2 Å². The van der Waals surface area contributed by atoms with Crippen LogP contribution in [-0.4, -0.2) is 14.5 Å². The van der Waals surface area contributed by atoms with Crippen molar-refractivity contribution in [2.24, 2.45) is 0 Å². The average Bonchev–Trinajstić information content (AvgIpc) is 3.48. The van der Waals surface area contributed by atoms with E-state index in [0.29, 0.717) is 11.3 Å². The molecule has 0 aliphatic rings. The Morgan fingerprint density at radius 1 is 0.532 bits per heavy atom. The van der Waals surface area contributed by atoms with Gasteiger partial charge in [-0.25, -0.2) is 4.85 Å². The van der Waals surface area contributed by atoms with Gasteiger partial charge in [-0.15, -0.1) is 0 Å². The Balaban J connectivity index is 1.22. The van der Waals surface area contributed by atoms with E-state index in [0.717, 1.165) is 61.5 Å². The third-order valence-corrected chi connectivity index (χ3v) is 8.57. The lowest BCUT2D eigenvalue weighted by molar-refractivity contribution is 1.18. The predicted octanol–water partition coefficient (Wildman–Crippen LogP) is 10.7. The Kier molecular flexibility index (Phi) is 6.84. The summed E-state index contributed by atoms with van der Waals surface area (Å²) in [6, 6.07) is 49.8. The molecule has 218 valence electrons. The Labute approximate surface area is 272 Å². The van der Waals surface area contributed by atoms with Crippen LogP contribution in [0.3, 0.4) is 0 Å². The summed E-state index contributed by atoms with van der Waals surface area (Å²) < 4.78 is 2.33. The van der Waals surface area contributed by atoms with Crippen molar-refractivity contribution < 1.29 is 0 Å². The van der Waals surface area contributed by atoms with Crippen molar-refractivity contribution in [3.63, 3.8) is 0 Å². The Hall–Kier alpha value is -6.82. The largest absolute Gasteiger partial charge is 0.309 e. The number of nitriles is 1. The highest BCUT2D eigenvalue weighted by Crippen LogP contribution is 2.38. The van der Waals surface area contributed by atoms with Gasteiger partial charge in [-0.1, -0.05) is 78.9 Å². The van der Waals surface area contributed by atoms with Gasteiger partial charge in [0.05, 0.1) is 40.6 Å². The van der Waals surface area contributed by atoms with Crippen LogP contribution in [0.15, 0.2) is 152 Å². The molecule has 0 radical (unpaired) electrons. The van der Waals surface area contributed by atoms with Crippen molar-refractivity contribution in [2.45, 2.75) is 0 Å². The van der Waals surface area contributed by atoms with E-state index in [-0.39, 0.29) is 0 Å². The highest BCUT2D eigenvalue weighted by molar-refractivity contribution is 6.11. The quantitative estimate of drug-likeness (QED) is 0.185. The van der Waals surface area contributed by atoms with Crippen LogP contribution in [-0.2, 0) is 0 Å². The molecule has 3 aromatic heterocycles. The number of hydrogen-bond donors (Lipinski definition) is 0. The van der Waals surface area contributed by atoms with Crippen molar-refractivity contribution in [3.05, 3.63) is 169 Å². The summed E-state index contributed by atoms with van der Waals surface area (Å²) in [7, 11) is 0. The number of pyridine rings is 2. The predicted molar refractivity (Wildman–Crippen MR) is 189 cm³/mol. The first-order valence-corrected chi connectivity index (χ1v) is 15.2. The number of rotatable bonds is 5. The highest BCUT2D eigenvalue weighted by Gasteiger charge is 2.15. The second kappa shape index (κ2) is 11.6. The maximum Gasteiger partial charge on any atom is 0.190 e. The van der Waals surface area contributed by atoms with E-state index in [2.05, 4.69) is 135 Å². The lowest BCUT2D eigenvalue weighted by Gasteiger charge is -2.09. The van der Waals surface area contributed by atoms with Gasteiger partial charge in [-0.2, -0.15) is 5.26 Å². The fourth-order valence-corrected chi connectivity index (χ4v) is 6.21. The molecule has 8 rings (SSSR count). The van der Waals surface area contributed by atoms with Crippen LogP contribution in [0.4, 0.5) is 5.69 Å². The maximum absolute atomic E-state index is 9.30. The minimum absolute atomic E-state index is 0.581. The molecule has 5 heteroatoms. The van der Waals surface area contributed by atoms with Gasteiger partial charge in [0, 0.05) is 34.4 Å². The van der Waals surface area contributed by atoms with E-state index < -0.39 is 0 Å². The smallest absolute Gasteiger partial charge is 0.190 e. The monoisotopic (exact) mass is 599 g/mol. The van der Waals surface area contributed by atoms with Crippen LogP contribution < -0.4 is 0 Å². The summed E-state index contributed by atoms with van der Waals surface area (Å²) in [6.45, 7) is 7.33. The number of hydrogen-bond acceptors (Lipinski definition) is 3. The van der Waals surface area contributed by atoms with Crippen LogP contribution in [0.1, 0.15) is 5.56 Å². The molecule has 0 spiro atoms. The van der Waals surface area contributed by atoms with Gasteiger partial charge < -0.3 is 4.57 Å². The first-order chi connectivity index (χ1) is 23.2. The van der Waals surface area contributed by atoms with Gasteiger partial charge in [-0.3, -0.25) is 9.97 Å². The van der Waals surface area contributed by atoms with E-state index in [1.54, 1.807) is 24.5 Å². The number of nitrogens with zero attached hydrogens (tertiary/aromatic N) is 5. The third kappa shape index (κ3) is 5.09. The number of fused-ring (bicyclic) bond motifs is 3. The van der Waals surface area contributed by atoms with Crippen molar-refractivity contribution in [1.82, 2.24) is 14.5 Å². The Bertz CT molecular complexity index is 2360. The van der Waals surface area contributed by atoms with Crippen LogP contribution in [0.5, 0.6) is 0 Å². The number of para-hydroxylation sites is 1. The molecule has 3 heterocycles. The molecule has 0 N–H and O–H groups in total. The van der Waals surface area contributed by atoms with E-state index in [1.165, 1.54) is 10.8 Å². The lowest BCUT2D eigenvalue weighted by atomic mass is 9.98. The summed E-state index contributed by atoms with van der Waals surface area (Å²) in [5.41, 5.74) is 12.6. The molecule has 0 saturated carbocycles. The zero-order valence-electron chi connectivity index (χ0n) is 25.2. The SMILES string of the molecule is [C-]#[N+]c1ccnc(-c2ccc(-c3ccc4c(c3)c3cc(-c5ccc(-c6cc(C#N)ccn6)cc5)ccc3n4-c3ccccc3)cc2)c1. The van der Waals surface area contributed by atoms with Crippen LogP contribution in [0.25, 0.3) is 77.1 Å². The molecule has 0 amide bonds. The van der Waals surface area contributed by atoms with Crippen molar-refractivity contribution >= 4 is 27.5 Å². The molecular weight excluding hydrogens is 574 g/mol. The first kappa shape index (κ1) is 27.7. The van der Waals surface area contributed by atoms with E-state index >= 15 is 0 Å². The van der Waals surface area contributed by atoms with Crippen LogP contribution in [0, 0.1) is 17.9 Å². The molecule has 5 aromatic carbocycles. The van der Waals surface area contributed by atoms with E-state index in [9.17, 15) is 5.26 Å². The first-order valence-electron chi connectivity index (χ1n) is 15.2. The zero-order chi connectivity index (χ0) is 31.7. The molecule has 47 heavy (non-hydrogen) atoms. The molecule has 5 nitrogen and oxygen atoms in total. The molecule has 0 bridgehead atoms. The molecule has 0 fully saturated rings. The summed E-state index contributed by atoms with van der Waals surface area (Å²) in [6.07, 6.45) is 3.36. The second-order valence-corrected chi connectivity index (χ2v) is 11.3. The zero-order valence-corrected chi connectivity index (χ0v) is 25.2. The minimum Gasteiger partial charge on any atom is -0.309 e. The summed E-state index contributed by atoms with van der Waals surface area (Å²) in [4.78, 5) is 12.5. The average molecular weight is 600 g/mol. The topological polar surface area (TPSA) is 58.9 Å². The van der Waals surface area contributed by atoms with Crippen molar-refractivity contribution in [2.75, 3.05) is 0 Å². The van der Waals surface area contributed by atoms with Gasteiger partial charge in [0.15, 0.2) is 5.69 Å². The van der Waals surface area contributed by atoms with Crippen molar-refractivity contribution in [3.8, 4) is 56.5 Å². The molecule has 0 aliphatic carbocycles. The summed E-state index contributed by atoms with van der Waals surface area (Å²) >= 11 is 0. The van der Waals surface area contributed by atoms with E-state index in [4.69, 9.17) is 6.57 Å². The van der Waals surface area contributed by atoms with Gasteiger partial charge in [0.25, 0.3) is 0 Å². The summed E-state index contributed by atoms with van der Waals surface area (Å²) in [5.74, 6) is 0. The lowest BCUT2D eigenvalue weighted by Crippen LogP contribution is -1.93. The van der Waals surface area contributed by atoms with Gasteiger partial charge in [0.1, 0.15) is 0 Å². The fraction of sp³-hybridized carbons (Fsp3) is 0. The molecule has 0 atom stereocenters. The third-order valence-electron chi connectivity index (χ3n) is 8.57. The van der Waals surface area contributed by atoms with Gasteiger partial charge >= 0.3 is 0 Å². The highest BCUT2D eigenvalue weighted by atomic mass is 15.0. The second-order valence-electron chi connectivity index (χ2n) is 11.3. The Morgan fingerprint density at radius 3 is 1.60 bits per heavy atom. The molecule has 0 unspecified atom stereocenters. The van der Waals surface area contributed by atoms with Gasteiger partial charge in [0.2, 0.25) is 0 Å². The van der Waals surface area contributed by atoms with Gasteiger partial charge in [-0.05, 0) is 88.5 Å². The molecule has 8 aromatic rings. The molecule has 0 saturated heterocycles. The van der Waals surface area contributed by atoms with Crippen LogP contribution in [0.2, 0.25) is 0 Å². The molecule has 0 aliphatic heterocycles.